The first kappa shape index (κ1) is 51.1. The Morgan fingerprint density at radius 2 is 1.35 bits per heavy atom. The number of fused-ring (bicyclic) bond motifs is 5. The predicted octanol–water partition coefficient (Wildman–Crippen LogP) is 3.83. The molecule has 7 rings (SSSR count). The Morgan fingerprint density at radius 1 is 0.809 bits per heavy atom. The highest BCUT2D eigenvalue weighted by Crippen LogP contribution is 2.64. The molecule has 2 saturated carbocycles. The second-order valence-corrected chi connectivity index (χ2v) is 18.8. The topological polar surface area (TPSA) is 242 Å². The third-order valence-electron chi connectivity index (χ3n) is 14.1. The number of carbonyl (C=O) groups is 7. The van der Waals surface area contributed by atoms with Crippen molar-refractivity contribution in [1.82, 2.24) is 10.2 Å². The molecule has 4 N–H and O–H groups in total. The van der Waals surface area contributed by atoms with Gasteiger partial charge in [-0.25, -0.2) is 9.59 Å². The molecule has 4 aliphatic rings. The van der Waals surface area contributed by atoms with E-state index in [4.69, 9.17) is 23.7 Å². The predicted molar refractivity (Wildman–Crippen MR) is 242 cm³/mol. The minimum absolute atomic E-state index is 0.00289. The average Bonchev–Trinajstić information content (AvgIpc) is 3.29. The second kappa shape index (κ2) is 19.8. The van der Waals surface area contributed by atoms with E-state index in [2.05, 4.69) is 5.32 Å². The molecule has 2 amide bonds. The Balaban J connectivity index is 0.00000119. The van der Waals surface area contributed by atoms with Gasteiger partial charge in [0.05, 0.1) is 35.6 Å². The van der Waals surface area contributed by atoms with Crippen LogP contribution in [0, 0.1) is 16.7 Å². The van der Waals surface area contributed by atoms with Crippen molar-refractivity contribution in [2.45, 2.75) is 115 Å². The van der Waals surface area contributed by atoms with Crippen molar-refractivity contribution in [3.05, 3.63) is 119 Å². The summed E-state index contributed by atoms with van der Waals surface area (Å²) in [5.41, 5.74) is -7.02. The maximum atomic E-state index is 15.5. The lowest BCUT2D eigenvalue weighted by atomic mass is 9.44. The molecule has 3 aromatic carbocycles. The molecule has 68 heavy (non-hydrogen) atoms. The molecule has 364 valence electrons. The van der Waals surface area contributed by atoms with Gasteiger partial charge in [-0.3, -0.25) is 24.0 Å². The highest BCUT2D eigenvalue weighted by molar-refractivity contribution is 5.96. The molecule has 0 unspecified atom stereocenters. The fourth-order valence-corrected chi connectivity index (χ4v) is 10.2. The molecule has 3 fully saturated rings. The lowest BCUT2D eigenvalue weighted by Crippen LogP contribution is -2.82. The van der Waals surface area contributed by atoms with E-state index in [1.165, 1.54) is 37.8 Å². The first-order chi connectivity index (χ1) is 31.9. The number of benzene rings is 3. The fourth-order valence-electron chi connectivity index (χ4n) is 10.2. The number of rotatable bonds is 10. The van der Waals surface area contributed by atoms with Crippen LogP contribution in [0.4, 0.5) is 0 Å². The molecule has 17 nitrogen and oxygen atoms in total. The summed E-state index contributed by atoms with van der Waals surface area (Å²) in [7, 11) is 3.45. The molecule has 11 atom stereocenters. The molecule has 17 heteroatoms. The van der Waals surface area contributed by atoms with E-state index in [-0.39, 0.29) is 41.2 Å². The number of esters is 4. The van der Waals surface area contributed by atoms with Crippen molar-refractivity contribution in [1.29, 1.82) is 0 Å². The molecule has 3 aromatic rings. The van der Waals surface area contributed by atoms with Crippen LogP contribution in [0.1, 0.15) is 93.6 Å². The molecule has 0 radical (unpaired) electrons. The SMILES string of the molecule is CC(=O)N(C)C.CC(=O)O[C@H]1C(=O)[C@@]2(C)[C@H]([C@H](OC(=O)c3ccccc3)[C@]3(O)C[C@H](OC(=O)[C@H](O)[C@@H](NC(=O)c4ccccc4)c4ccccc4)C(C)=C1C3(C)C)[C@]1(OC(C)=O)CO[C@@H]1C[C@@H]2O. The van der Waals surface area contributed by atoms with E-state index >= 15 is 4.79 Å². The Morgan fingerprint density at radius 3 is 1.85 bits per heavy atom. The Labute approximate surface area is 394 Å². The molecule has 0 aromatic heterocycles. The number of aliphatic hydroxyl groups is 3. The van der Waals surface area contributed by atoms with Crippen LogP contribution in [-0.4, -0.2) is 130 Å². The molecule has 2 bridgehead atoms. The first-order valence-electron chi connectivity index (χ1n) is 22.3. The van der Waals surface area contributed by atoms with Gasteiger partial charge in [0.25, 0.3) is 5.91 Å². The number of carbonyl (C=O) groups excluding carboxylic acids is 7. The number of hydrogen-bond acceptors (Lipinski definition) is 15. The number of aliphatic hydroxyl groups excluding tert-OH is 2. The molecule has 0 spiro atoms. The van der Waals surface area contributed by atoms with Crippen LogP contribution in [0.25, 0.3) is 0 Å². The van der Waals surface area contributed by atoms with Gasteiger partial charge in [0.2, 0.25) is 5.91 Å². The zero-order valence-corrected chi connectivity index (χ0v) is 39.6. The fraction of sp³-hybridized carbons (Fsp3) is 0.471. The molecule has 1 aliphatic heterocycles. The van der Waals surface area contributed by atoms with Gasteiger partial charge < -0.3 is 49.2 Å². The van der Waals surface area contributed by atoms with Crippen molar-refractivity contribution < 1.29 is 72.6 Å². The van der Waals surface area contributed by atoms with E-state index in [1.807, 2.05) is 0 Å². The maximum absolute atomic E-state index is 15.5. The summed E-state index contributed by atoms with van der Waals surface area (Å²) in [5, 5.41) is 40.2. The van der Waals surface area contributed by atoms with Crippen LogP contribution < -0.4 is 5.32 Å². The standard InChI is InChI=1S/C47H51NO14.C4H9NO/c1-25-31(60-43(56)36(52)35(28-16-10-7-11-17-28)48-41(54)29-18-12-8-13-19-29)23-47(57)40(61-42(55)30-20-14-9-15-21-30)38-45(6,32(51)22-33-46(38,24-58-33)62-27(3)50)39(53)37(59-26(2)49)34(25)44(47,4)5;1-4(6)5(2)3/h7-21,31-33,35-38,40,51-52,57H,22-24H2,1-6H3,(H,48,54);1-3H3/t31-,32-,33+,35-,36+,37+,38-,40-,45+,46-,47+;/m0./s1. The van der Waals surface area contributed by atoms with E-state index < -0.39 is 113 Å². The van der Waals surface area contributed by atoms with Gasteiger partial charge in [-0.15, -0.1) is 0 Å². The summed E-state index contributed by atoms with van der Waals surface area (Å²) < 4.78 is 30.3. The third kappa shape index (κ3) is 9.31. The van der Waals surface area contributed by atoms with Crippen LogP contribution in [0.2, 0.25) is 0 Å². The van der Waals surface area contributed by atoms with Crippen molar-refractivity contribution in [3.8, 4) is 0 Å². The summed E-state index contributed by atoms with van der Waals surface area (Å²) in [5.74, 6) is -6.75. The quantitative estimate of drug-likeness (QED) is 0.128. The summed E-state index contributed by atoms with van der Waals surface area (Å²) >= 11 is 0. The van der Waals surface area contributed by atoms with Crippen molar-refractivity contribution in [2.75, 3.05) is 20.7 Å². The summed E-state index contributed by atoms with van der Waals surface area (Å²) in [6, 6.07) is 22.9. The van der Waals surface area contributed by atoms with Crippen LogP contribution in [0.5, 0.6) is 0 Å². The smallest absolute Gasteiger partial charge is 0.338 e. The van der Waals surface area contributed by atoms with E-state index in [1.54, 1.807) is 107 Å². The maximum Gasteiger partial charge on any atom is 0.338 e. The van der Waals surface area contributed by atoms with Gasteiger partial charge in [0, 0.05) is 58.7 Å². The number of ketones is 1. The number of Topliss-reactive ketones (excluding diaryl/α,β-unsaturated/α-hetero) is 1. The molecule has 1 saturated heterocycles. The van der Waals surface area contributed by atoms with Crippen molar-refractivity contribution in [2.24, 2.45) is 16.7 Å². The van der Waals surface area contributed by atoms with Gasteiger partial charge in [-0.05, 0) is 54.8 Å². The lowest BCUT2D eigenvalue weighted by molar-refractivity contribution is -0.346. The van der Waals surface area contributed by atoms with Crippen LogP contribution in [0.15, 0.2) is 102 Å². The zero-order chi connectivity index (χ0) is 50.1. The van der Waals surface area contributed by atoms with Crippen molar-refractivity contribution in [3.63, 3.8) is 0 Å². The largest absolute Gasteiger partial charge is 0.456 e. The number of nitrogens with zero attached hydrogens (tertiary/aromatic N) is 1. The second-order valence-electron chi connectivity index (χ2n) is 18.8. The first-order valence-corrected chi connectivity index (χ1v) is 22.3. The lowest BCUT2D eigenvalue weighted by Gasteiger charge is -2.67. The summed E-state index contributed by atoms with van der Waals surface area (Å²) in [6.45, 7) is 9.50. The monoisotopic (exact) mass is 940 g/mol. The molecular formula is C51H60N2O15. The van der Waals surface area contributed by atoms with Crippen LogP contribution in [-0.2, 0) is 47.7 Å². The van der Waals surface area contributed by atoms with Crippen LogP contribution >= 0.6 is 0 Å². The minimum atomic E-state index is -2.39. The zero-order valence-electron chi connectivity index (χ0n) is 39.6. The van der Waals surface area contributed by atoms with Gasteiger partial charge in [-0.2, -0.15) is 0 Å². The minimum Gasteiger partial charge on any atom is -0.456 e. The number of amides is 2. The van der Waals surface area contributed by atoms with Crippen molar-refractivity contribution >= 4 is 41.5 Å². The molecule has 3 aliphatic carbocycles. The van der Waals surface area contributed by atoms with Gasteiger partial charge in [0.15, 0.2) is 23.6 Å². The third-order valence-corrected chi connectivity index (χ3v) is 14.1. The highest BCUT2D eigenvalue weighted by Gasteiger charge is 2.78. The van der Waals surface area contributed by atoms with Gasteiger partial charge in [-0.1, -0.05) is 80.6 Å². The number of ether oxygens (including phenoxy) is 5. The van der Waals surface area contributed by atoms with Gasteiger partial charge in [0.1, 0.15) is 23.9 Å². The number of hydrogen-bond donors (Lipinski definition) is 4. The summed E-state index contributed by atoms with van der Waals surface area (Å²) in [4.78, 5) is 95.1. The van der Waals surface area contributed by atoms with E-state index in [0.717, 1.165) is 13.8 Å². The molecule has 1 heterocycles. The summed E-state index contributed by atoms with van der Waals surface area (Å²) in [6.07, 6.45) is -10.5. The Kier molecular flexibility index (Phi) is 14.9. The van der Waals surface area contributed by atoms with Crippen LogP contribution in [0.3, 0.4) is 0 Å². The molecular weight excluding hydrogens is 881 g/mol. The highest BCUT2D eigenvalue weighted by atomic mass is 16.6. The van der Waals surface area contributed by atoms with E-state index in [9.17, 15) is 44.1 Å². The Bertz CT molecular complexity index is 2440. The van der Waals surface area contributed by atoms with Gasteiger partial charge >= 0.3 is 23.9 Å². The number of nitrogens with one attached hydrogen (secondary N) is 1. The average molecular weight is 941 g/mol. The van der Waals surface area contributed by atoms with E-state index in [0.29, 0.717) is 5.56 Å². The Hall–Kier alpha value is -6.27. The normalized spacial score (nSPS) is 29.7.